The first-order valence-corrected chi connectivity index (χ1v) is 10.6. The van der Waals surface area contributed by atoms with Gasteiger partial charge in [0, 0.05) is 41.6 Å². The van der Waals surface area contributed by atoms with Crippen LogP contribution in [0.4, 0.5) is 0 Å². The molecular weight excluding hydrogens is 372 g/mol. The van der Waals surface area contributed by atoms with Crippen molar-refractivity contribution in [1.29, 1.82) is 0 Å². The third-order valence-corrected chi connectivity index (χ3v) is 6.37. The number of nitrogens with zero attached hydrogens (tertiary/aromatic N) is 2. The lowest BCUT2D eigenvalue weighted by Crippen LogP contribution is -2.46. The second kappa shape index (κ2) is 8.68. The van der Waals surface area contributed by atoms with Crippen LogP contribution >= 0.6 is 11.9 Å². The molecule has 1 amide bonds. The van der Waals surface area contributed by atoms with Crippen LogP contribution in [0, 0.1) is 0 Å². The molecule has 3 rings (SSSR count). The van der Waals surface area contributed by atoms with Crippen molar-refractivity contribution in [3.8, 4) is 0 Å². The van der Waals surface area contributed by atoms with Crippen molar-refractivity contribution < 1.29 is 9.32 Å². The summed E-state index contributed by atoms with van der Waals surface area (Å²) < 4.78 is 7.51. The first-order valence-electron chi connectivity index (χ1n) is 9.86. The standard InChI is InChI=1S/C21H30N4O2S/c1-5-17-13-19(24-27-17)20(26)23-16-10-11-25(14(2)12-16)28-18-8-6-15(7-9-18)21(3,4)22/h6-9,13-14,16H,5,10-12,22H2,1-4H3,(H,23,26)/t14?,16-/m1/s1. The summed E-state index contributed by atoms with van der Waals surface area (Å²) in [5, 5.41) is 6.96. The number of hydrogen-bond donors (Lipinski definition) is 2. The zero-order valence-corrected chi connectivity index (χ0v) is 17.9. The second-order valence-electron chi connectivity index (χ2n) is 8.05. The number of carbonyl (C=O) groups excluding carboxylic acids is 1. The number of aromatic nitrogens is 1. The summed E-state index contributed by atoms with van der Waals surface area (Å²) in [6.45, 7) is 9.12. The van der Waals surface area contributed by atoms with Crippen LogP contribution in [0.2, 0.25) is 0 Å². The summed E-state index contributed by atoms with van der Waals surface area (Å²) in [6.07, 6.45) is 2.55. The van der Waals surface area contributed by atoms with Crippen LogP contribution in [0.5, 0.6) is 0 Å². The Hall–Kier alpha value is -1.83. The van der Waals surface area contributed by atoms with Crippen molar-refractivity contribution >= 4 is 17.9 Å². The molecule has 1 saturated heterocycles. The van der Waals surface area contributed by atoms with Crippen molar-refractivity contribution in [3.05, 3.63) is 47.3 Å². The molecule has 3 N–H and O–H groups in total. The molecule has 0 bridgehead atoms. The van der Waals surface area contributed by atoms with Gasteiger partial charge in [0.05, 0.1) is 0 Å². The predicted molar refractivity (Wildman–Crippen MR) is 112 cm³/mol. The van der Waals surface area contributed by atoms with Crippen LogP contribution in [0.1, 0.15) is 62.3 Å². The number of rotatable bonds is 6. The van der Waals surface area contributed by atoms with E-state index in [9.17, 15) is 4.79 Å². The number of nitrogens with two attached hydrogens (primary N) is 1. The summed E-state index contributed by atoms with van der Waals surface area (Å²) in [6, 6.07) is 10.7. The lowest BCUT2D eigenvalue weighted by atomic mass is 9.96. The SMILES string of the molecule is CCc1cc(C(=O)N[C@@H]2CCN(Sc3ccc(C(C)(C)N)cc3)C(C)C2)no1. The Morgan fingerprint density at radius 3 is 2.68 bits per heavy atom. The Morgan fingerprint density at radius 2 is 2.11 bits per heavy atom. The van der Waals surface area contributed by atoms with Gasteiger partial charge in [-0.05, 0) is 63.3 Å². The monoisotopic (exact) mass is 402 g/mol. The molecule has 2 heterocycles. The zero-order chi connectivity index (χ0) is 20.3. The molecule has 6 nitrogen and oxygen atoms in total. The molecular formula is C21H30N4O2S. The maximum atomic E-state index is 12.4. The minimum Gasteiger partial charge on any atom is -0.361 e. The lowest BCUT2D eigenvalue weighted by molar-refractivity contribution is 0.0906. The number of amides is 1. The molecule has 0 spiro atoms. The van der Waals surface area contributed by atoms with Gasteiger partial charge < -0.3 is 15.6 Å². The Labute approximate surface area is 171 Å². The first kappa shape index (κ1) is 20.9. The summed E-state index contributed by atoms with van der Waals surface area (Å²) in [5.41, 5.74) is 7.33. The van der Waals surface area contributed by atoms with E-state index >= 15 is 0 Å². The second-order valence-corrected chi connectivity index (χ2v) is 9.18. The van der Waals surface area contributed by atoms with Crippen molar-refractivity contribution in [2.75, 3.05) is 6.54 Å². The van der Waals surface area contributed by atoms with E-state index in [-0.39, 0.29) is 17.5 Å². The van der Waals surface area contributed by atoms with E-state index in [1.807, 2.05) is 20.8 Å². The average molecular weight is 403 g/mol. The van der Waals surface area contributed by atoms with E-state index in [4.69, 9.17) is 10.3 Å². The van der Waals surface area contributed by atoms with Crippen LogP contribution in [-0.2, 0) is 12.0 Å². The van der Waals surface area contributed by atoms with E-state index in [0.717, 1.165) is 37.1 Å². The van der Waals surface area contributed by atoms with Gasteiger partial charge in [-0.1, -0.05) is 24.2 Å². The fourth-order valence-corrected chi connectivity index (χ4v) is 4.34. The number of benzene rings is 1. The van der Waals surface area contributed by atoms with Crippen LogP contribution in [0.3, 0.4) is 0 Å². The highest BCUT2D eigenvalue weighted by molar-refractivity contribution is 7.97. The number of nitrogens with one attached hydrogen (secondary N) is 1. The molecule has 152 valence electrons. The van der Waals surface area contributed by atoms with Gasteiger partial charge >= 0.3 is 0 Å². The summed E-state index contributed by atoms with van der Waals surface area (Å²) >= 11 is 1.77. The minimum atomic E-state index is -0.325. The fraction of sp³-hybridized carbons (Fsp3) is 0.524. The zero-order valence-electron chi connectivity index (χ0n) is 17.1. The van der Waals surface area contributed by atoms with Crippen LogP contribution < -0.4 is 11.1 Å². The summed E-state index contributed by atoms with van der Waals surface area (Å²) in [7, 11) is 0. The fourth-order valence-electron chi connectivity index (χ4n) is 3.34. The average Bonchev–Trinajstić information content (AvgIpc) is 3.13. The quantitative estimate of drug-likeness (QED) is 0.717. The van der Waals surface area contributed by atoms with Crippen molar-refractivity contribution in [2.24, 2.45) is 5.73 Å². The third kappa shape index (κ3) is 5.16. The van der Waals surface area contributed by atoms with Gasteiger partial charge in [-0.3, -0.25) is 4.79 Å². The number of piperidine rings is 1. The highest BCUT2D eigenvalue weighted by Crippen LogP contribution is 2.31. The Balaban J connectivity index is 1.52. The topological polar surface area (TPSA) is 84.4 Å². The smallest absolute Gasteiger partial charge is 0.273 e. The van der Waals surface area contributed by atoms with Gasteiger partial charge in [0.25, 0.3) is 5.91 Å². The number of hydrogen-bond acceptors (Lipinski definition) is 6. The van der Waals surface area contributed by atoms with E-state index in [2.05, 4.69) is 46.0 Å². The summed E-state index contributed by atoms with van der Waals surface area (Å²) in [5.74, 6) is 0.579. The maximum Gasteiger partial charge on any atom is 0.273 e. The molecule has 0 aliphatic carbocycles. The van der Waals surface area contributed by atoms with Crippen LogP contribution in [0.25, 0.3) is 0 Å². The van der Waals surface area contributed by atoms with E-state index < -0.39 is 0 Å². The molecule has 1 aromatic carbocycles. The van der Waals surface area contributed by atoms with E-state index in [0.29, 0.717) is 11.7 Å². The molecule has 1 aliphatic rings. The first-order chi connectivity index (χ1) is 13.3. The molecule has 2 aromatic rings. The third-order valence-electron chi connectivity index (χ3n) is 5.11. The van der Waals surface area contributed by atoms with E-state index in [1.165, 1.54) is 4.90 Å². The van der Waals surface area contributed by atoms with Gasteiger partial charge in [0.1, 0.15) is 5.76 Å². The largest absolute Gasteiger partial charge is 0.361 e. The van der Waals surface area contributed by atoms with Gasteiger partial charge in [-0.2, -0.15) is 0 Å². The van der Waals surface area contributed by atoms with Crippen molar-refractivity contribution in [2.45, 2.75) is 69.5 Å². The van der Waals surface area contributed by atoms with Gasteiger partial charge in [0.2, 0.25) is 0 Å². The van der Waals surface area contributed by atoms with Crippen molar-refractivity contribution in [1.82, 2.24) is 14.8 Å². The maximum absolute atomic E-state index is 12.4. The molecule has 1 fully saturated rings. The van der Waals surface area contributed by atoms with Crippen LogP contribution in [0.15, 0.2) is 39.8 Å². The summed E-state index contributed by atoms with van der Waals surface area (Å²) in [4.78, 5) is 13.6. The van der Waals surface area contributed by atoms with E-state index in [1.54, 1.807) is 18.0 Å². The highest BCUT2D eigenvalue weighted by Gasteiger charge is 2.28. The Bertz CT molecular complexity index is 797. The Morgan fingerprint density at radius 1 is 1.39 bits per heavy atom. The highest BCUT2D eigenvalue weighted by atomic mass is 32.2. The lowest BCUT2D eigenvalue weighted by Gasteiger charge is -2.36. The predicted octanol–water partition coefficient (Wildman–Crippen LogP) is 3.72. The molecule has 1 unspecified atom stereocenters. The number of carbonyl (C=O) groups is 1. The molecule has 7 heteroatoms. The van der Waals surface area contributed by atoms with Crippen molar-refractivity contribution in [3.63, 3.8) is 0 Å². The molecule has 28 heavy (non-hydrogen) atoms. The Kier molecular flexibility index (Phi) is 6.47. The van der Waals surface area contributed by atoms with Gasteiger partial charge in [-0.25, -0.2) is 4.31 Å². The molecule has 1 aliphatic heterocycles. The molecule has 0 radical (unpaired) electrons. The normalized spacial score (nSPS) is 20.9. The number of aryl methyl sites for hydroxylation is 1. The molecule has 1 aromatic heterocycles. The molecule has 2 atom stereocenters. The molecule has 0 saturated carbocycles. The van der Waals surface area contributed by atoms with Crippen LogP contribution in [-0.4, -0.2) is 34.0 Å². The minimum absolute atomic E-state index is 0.151. The van der Waals surface area contributed by atoms with Gasteiger partial charge in [0.15, 0.2) is 5.69 Å². The van der Waals surface area contributed by atoms with Gasteiger partial charge in [-0.15, -0.1) is 0 Å².